The number of rotatable bonds is 5. The standard InChI is InChI=1S/C16H24N2O2/c1-11(2)7-14(9-17)18-16(19)13-8-12-5-3-4-6-15(12)20-10-13/h3-6,11,13-14H,7-10,17H2,1-2H3,(H,18,19). The summed E-state index contributed by atoms with van der Waals surface area (Å²) < 4.78 is 5.66. The lowest BCUT2D eigenvalue weighted by Crippen LogP contribution is -2.46. The van der Waals surface area contributed by atoms with Gasteiger partial charge in [-0.2, -0.15) is 0 Å². The Kier molecular flexibility index (Phi) is 5.01. The summed E-state index contributed by atoms with van der Waals surface area (Å²) in [5.74, 6) is 1.35. The van der Waals surface area contributed by atoms with Gasteiger partial charge in [0, 0.05) is 12.6 Å². The molecule has 2 unspecified atom stereocenters. The number of carbonyl (C=O) groups is 1. The van der Waals surface area contributed by atoms with E-state index in [0.717, 1.165) is 24.2 Å². The van der Waals surface area contributed by atoms with Gasteiger partial charge in [0.05, 0.1) is 5.92 Å². The lowest BCUT2D eigenvalue weighted by molar-refractivity contribution is -0.127. The van der Waals surface area contributed by atoms with Crippen LogP contribution in [0.5, 0.6) is 5.75 Å². The molecule has 0 spiro atoms. The zero-order valence-electron chi connectivity index (χ0n) is 12.3. The van der Waals surface area contributed by atoms with E-state index in [1.165, 1.54) is 0 Å². The van der Waals surface area contributed by atoms with E-state index in [9.17, 15) is 4.79 Å². The van der Waals surface area contributed by atoms with Gasteiger partial charge in [0.15, 0.2) is 0 Å². The summed E-state index contributed by atoms with van der Waals surface area (Å²) in [6, 6.07) is 7.95. The largest absolute Gasteiger partial charge is 0.492 e. The first-order chi connectivity index (χ1) is 9.60. The van der Waals surface area contributed by atoms with Crippen molar-refractivity contribution in [2.75, 3.05) is 13.2 Å². The Morgan fingerprint density at radius 1 is 1.45 bits per heavy atom. The van der Waals surface area contributed by atoms with Crippen LogP contribution in [-0.4, -0.2) is 25.1 Å². The SMILES string of the molecule is CC(C)CC(CN)NC(=O)C1COc2ccccc2C1. The Bertz CT molecular complexity index is 460. The van der Waals surface area contributed by atoms with Gasteiger partial charge in [0.25, 0.3) is 0 Å². The van der Waals surface area contributed by atoms with Gasteiger partial charge in [-0.25, -0.2) is 0 Å². The number of para-hydroxylation sites is 1. The molecule has 0 saturated carbocycles. The van der Waals surface area contributed by atoms with Gasteiger partial charge in [-0.15, -0.1) is 0 Å². The van der Waals surface area contributed by atoms with Crippen LogP contribution in [0.4, 0.5) is 0 Å². The first kappa shape index (κ1) is 14.9. The molecule has 1 aliphatic heterocycles. The van der Waals surface area contributed by atoms with Crippen LogP contribution in [0, 0.1) is 11.8 Å². The molecule has 2 rings (SSSR count). The number of fused-ring (bicyclic) bond motifs is 1. The first-order valence-electron chi connectivity index (χ1n) is 7.31. The number of carbonyl (C=O) groups excluding carboxylic acids is 1. The van der Waals surface area contributed by atoms with Gasteiger partial charge in [-0.1, -0.05) is 32.0 Å². The molecule has 3 N–H and O–H groups in total. The van der Waals surface area contributed by atoms with Crippen LogP contribution in [-0.2, 0) is 11.2 Å². The van der Waals surface area contributed by atoms with E-state index in [1.54, 1.807) is 0 Å². The molecular weight excluding hydrogens is 252 g/mol. The van der Waals surface area contributed by atoms with Crippen LogP contribution in [0.2, 0.25) is 0 Å². The summed E-state index contributed by atoms with van der Waals surface area (Å²) in [5.41, 5.74) is 6.83. The predicted molar refractivity (Wildman–Crippen MR) is 79.6 cm³/mol. The van der Waals surface area contributed by atoms with Crippen LogP contribution in [0.25, 0.3) is 0 Å². The maximum atomic E-state index is 12.3. The second-order valence-corrected chi connectivity index (χ2v) is 5.89. The van der Waals surface area contributed by atoms with Crippen molar-refractivity contribution < 1.29 is 9.53 Å². The van der Waals surface area contributed by atoms with Gasteiger partial charge < -0.3 is 15.8 Å². The summed E-state index contributed by atoms with van der Waals surface area (Å²) in [6.45, 7) is 5.19. The number of hydrogen-bond donors (Lipinski definition) is 2. The number of benzene rings is 1. The number of ether oxygens (including phenoxy) is 1. The summed E-state index contributed by atoms with van der Waals surface area (Å²) >= 11 is 0. The molecule has 1 heterocycles. The third-order valence-electron chi connectivity index (χ3n) is 3.64. The maximum Gasteiger partial charge on any atom is 0.227 e. The van der Waals surface area contributed by atoms with E-state index in [4.69, 9.17) is 10.5 Å². The fourth-order valence-corrected chi connectivity index (χ4v) is 2.60. The number of nitrogens with two attached hydrogens (primary N) is 1. The average Bonchev–Trinajstić information content (AvgIpc) is 2.45. The number of amides is 1. The fourth-order valence-electron chi connectivity index (χ4n) is 2.60. The highest BCUT2D eigenvalue weighted by atomic mass is 16.5. The second kappa shape index (κ2) is 6.75. The first-order valence-corrected chi connectivity index (χ1v) is 7.31. The van der Waals surface area contributed by atoms with Crippen LogP contribution in [0.15, 0.2) is 24.3 Å². The third-order valence-corrected chi connectivity index (χ3v) is 3.64. The number of nitrogens with one attached hydrogen (secondary N) is 1. The fraction of sp³-hybridized carbons (Fsp3) is 0.562. The Morgan fingerprint density at radius 2 is 2.20 bits per heavy atom. The Hall–Kier alpha value is -1.55. The minimum atomic E-state index is -0.119. The minimum absolute atomic E-state index is 0.0515. The smallest absolute Gasteiger partial charge is 0.227 e. The highest BCUT2D eigenvalue weighted by molar-refractivity contribution is 5.80. The number of hydrogen-bond acceptors (Lipinski definition) is 3. The van der Waals surface area contributed by atoms with Crippen LogP contribution in [0.3, 0.4) is 0 Å². The van der Waals surface area contributed by atoms with Crippen molar-refractivity contribution in [3.8, 4) is 5.75 Å². The molecule has 0 radical (unpaired) electrons. The molecule has 4 heteroatoms. The van der Waals surface area contributed by atoms with E-state index in [-0.39, 0.29) is 17.9 Å². The highest BCUT2D eigenvalue weighted by Gasteiger charge is 2.27. The zero-order valence-corrected chi connectivity index (χ0v) is 12.3. The summed E-state index contributed by atoms with van der Waals surface area (Å²) in [6.07, 6.45) is 1.65. The van der Waals surface area contributed by atoms with E-state index in [2.05, 4.69) is 19.2 Å². The summed E-state index contributed by atoms with van der Waals surface area (Å²) in [5, 5.41) is 3.05. The second-order valence-electron chi connectivity index (χ2n) is 5.89. The molecule has 0 saturated heterocycles. The molecule has 0 aromatic heterocycles. The van der Waals surface area contributed by atoms with Crippen molar-refractivity contribution in [1.29, 1.82) is 0 Å². The van der Waals surface area contributed by atoms with E-state index < -0.39 is 0 Å². The van der Waals surface area contributed by atoms with Crippen molar-refractivity contribution in [2.45, 2.75) is 32.7 Å². The summed E-state index contributed by atoms with van der Waals surface area (Å²) in [4.78, 5) is 12.3. The molecule has 4 nitrogen and oxygen atoms in total. The molecule has 0 bridgehead atoms. The Balaban J connectivity index is 1.94. The van der Waals surface area contributed by atoms with E-state index in [1.807, 2.05) is 24.3 Å². The Labute approximate surface area is 120 Å². The molecule has 2 atom stereocenters. The van der Waals surface area contributed by atoms with Crippen molar-refractivity contribution in [2.24, 2.45) is 17.6 Å². The highest BCUT2D eigenvalue weighted by Crippen LogP contribution is 2.26. The van der Waals surface area contributed by atoms with Gasteiger partial charge in [0.2, 0.25) is 5.91 Å². The maximum absolute atomic E-state index is 12.3. The minimum Gasteiger partial charge on any atom is -0.492 e. The lowest BCUT2D eigenvalue weighted by atomic mass is 9.95. The van der Waals surface area contributed by atoms with Gasteiger partial charge in [-0.3, -0.25) is 4.79 Å². The van der Waals surface area contributed by atoms with Crippen molar-refractivity contribution >= 4 is 5.91 Å². The quantitative estimate of drug-likeness (QED) is 0.861. The van der Waals surface area contributed by atoms with E-state index >= 15 is 0 Å². The topological polar surface area (TPSA) is 64.3 Å². The molecule has 1 aromatic rings. The molecule has 20 heavy (non-hydrogen) atoms. The van der Waals surface area contributed by atoms with Crippen molar-refractivity contribution in [3.63, 3.8) is 0 Å². The van der Waals surface area contributed by atoms with Gasteiger partial charge in [-0.05, 0) is 30.4 Å². The van der Waals surface area contributed by atoms with Crippen molar-refractivity contribution in [3.05, 3.63) is 29.8 Å². The predicted octanol–water partition coefficient (Wildman–Crippen LogP) is 1.73. The van der Waals surface area contributed by atoms with Gasteiger partial charge >= 0.3 is 0 Å². The van der Waals surface area contributed by atoms with Crippen LogP contribution in [0.1, 0.15) is 25.8 Å². The molecular formula is C16H24N2O2. The Morgan fingerprint density at radius 3 is 2.90 bits per heavy atom. The monoisotopic (exact) mass is 276 g/mol. The molecule has 110 valence electrons. The molecule has 0 fully saturated rings. The lowest BCUT2D eigenvalue weighted by Gasteiger charge is -2.27. The zero-order chi connectivity index (χ0) is 14.5. The molecule has 1 amide bonds. The van der Waals surface area contributed by atoms with Crippen molar-refractivity contribution in [1.82, 2.24) is 5.32 Å². The third kappa shape index (κ3) is 3.73. The molecule has 0 aliphatic carbocycles. The van der Waals surface area contributed by atoms with Gasteiger partial charge in [0.1, 0.15) is 12.4 Å². The van der Waals surface area contributed by atoms with E-state index in [0.29, 0.717) is 19.1 Å². The summed E-state index contributed by atoms with van der Waals surface area (Å²) in [7, 11) is 0. The average molecular weight is 276 g/mol. The molecule has 1 aromatic carbocycles. The van der Waals surface area contributed by atoms with Crippen LogP contribution >= 0.6 is 0 Å². The van der Waals surface area contributed by atoms with Crippen LogP contribution < -0.4 is 15.8 Å². The normalized spacial score (nSPS) is 19.1. The molecule has 1 aliphatic rings.